The van der Waals surface area contributed by atoms with Crippen LogP contribution in [0.15, 0.2) is 48.5 Å². The number of nitrogens with two attached hydrogens (primary N) is 1. The first-order chi connectivity index (χ1) is 11.0. The second kappa shape index (κ2) is 7.79. The van der Waals surface area contributed by atoms with Gasteiger partial charge in [0.15, 0.2) is 0 Å². The van der Waals surface area contributed by atoms with Crippen LogP contribution in [0.25, 0.3) is 0 Å². The van der Waals surface area contributed by atoms with Crippen molar-refractivity contribution in [3.63, 3.8) is 0 Å². The molecule has 3 N–H and O–H groups in total. The molecule has 0 amide bonds. The van der Waals surface area contributed by atoms with Crippen LogP contribution in [0.2, 0.25) is 0 Å². The Kier molecular flexibility index (Phi) is 5.77. The molecule has 2 atom stereocenters. The number of carbonyl (C=O) groups is 1. The number of hydrogen-bond donors (Lipinski definition) is 2. The van der Waals surface area contributed by atoms with Gasteiger partial charge in [0, 0.05) is 6.04 Å². The van der Waals surface area contributed by atoms with E-state index in [-0.39, 0.29) is 6.04 Å². The Bertz CT molecular complexity index is 655. The zero-order valence-corrected chi connectivity index (χ0v) is 13.5. The monoisotopic (exact) mass is 313 g/mol. The number of methoxy groups -OCH3 is 1. The summed E-state index contributed by atoms with van der Waals surface area (Å²) < 4.78 is 5.13. The Morgan fingerprint density at radius 1 is 1.26 bits per heavy atom. The van der Waals surface area contributed by atoms with Crippen LogP contribution in [0.3, 0.4) is 0 Å². The van der Waals surface area contributed by atoms with E-state index in [2.05, 4.69) is 6.07 Å². The largest absolute Gasteiger partial charge is 0.497 e. The van der Waals surface area contributed by atoms with Gasteiger partial charge < -0.3 is 15.6 Å². The van der Waals surface area contributed by atoms with Crippen molar-refractivity contribution >= 4 is 5.97 Å². The van der Waals surface area contributed by atoms with E-state index in [4.69, 9.17) is 15.6 Å². The fourth-order valence-electron chi connectivity index (χ4n) is 2.62. The van der Waals surface area contributed by atoms with Crippen molar-refractivity contribution in [2.24, 2.45) is 5.73 Å². The summed E-state index contributed by atoms with van der Waals surface area (Å²) in [6, 6.07) is 15.6. The number of carboxylic acids is 1. The first-order valence-electron chi connectivity index (χ1n) is 7.73. The molecule has 23 heavy (non-hydrogen) atoms. The SMILES string of the molecule is COc1ccc2c(c1)[C@@H](N)CC2.C[C@H](C(=O)O)c1ccccc1. The summed E-state index contributed by atoms with van der Waals surface area (Å²) in [5.74, 6) is -0.279. The predicted molar refractivity (Wildman–Crippen MR) is 90.7 cm³/mol. The maximum Gasteiger partial charge on any atom is 0.310 e. The molecular weight excluding hydrogens is 290 g/mol. The van der Waals surface area contributed by atoms with Gasteiger partial charge in [-0.25, -0.2) is 0 Å². The molecule has 3 rings (SSSR count). The molecule has 0 aromatic heterocycles. The minimum absolute atomic E-state index is 0.218. The fourth-order valence-corrected chi connectivity index (χ4v) is 2.62. The van der Waals surface area contributed by atoms with Gasteiger partial charge in [-0.05, 0) is 48.6 Å². The fraction of sp³-hybridized carbons (Fsp3) is 0.316. The van der Waals surface area contributed by atoms with E-state index in [0.717, 1.165) is 24.2 Å². The number of aryl methyl sites for hydroxylation is 1. The Balaban J connectivity index is 0.000000168. The number of ether oxygens (including phenoxy) is 1. The zero-order chi connectivity index (χ0) is 16.8. The van der Waals surface area contributed by atoms with E-state index in [0.29, 0.717) is 0 Å². The zero-order valence-electron chi connectivity index (χ0n) is 13.5. The average Bonchev–Trinajstić information content (AvgIpc) is 2.96. The molecular formula is C19H23NO3. The van der Waals surface area contributed by atoms with E-state index < -0.39 is 11.9 Å². The highest BCUT2D eigenvalue weighted by molar-refractivity contribution is 5.75. The molecule has 2 aromatic rings. The van der Waals surface area contributed by atoms with Gasteiger partial charge in [0.05, 0.1) is 13.0 Å². The quantitative estimate of drug-likeness (QED) is 0.909. The van der Waals surface area contributed by atoms with E-state index in [1.165, 1.54) is 11.1 Å². The second-order valence-corrected chi connectivity index (χ2v) is 5.68. The molecule has 4 nitrogen and oxygen atoms in total. The van der Waals surface area contributed by atoms with Crippen molar-refractivity contribution in [1.29, 1.82) is 0 Å². The number of rotatable bonds is 3. The van der Waals surface area contributed by atoms with Gasteiger partial charge in [-0.1, -0.05) is 36.4 Å². The normalized spacial score (nSPS) is 16.7. The third-order valence-corrected chi connectivity index (χ3v) is 4.15. The molecule has 2 aromatic carbocycles. The van der Waals surface area contributed by atoms with Crippen LogP contribution in [0.1, 0.15) is 42.0 Å². The standard InChI is InChI=1S/C10H13NO.C9H10O2/c1-12-8-4-2-7-3-5-10(11)9(7)6-8;1-7(9(10)11)8-5-3-2-4-6-8/h2,4,6,10H,3,5,11H2,1H3;2-7H,1H3,(H,10,11)/t10-;7-/m00/s1. The smallest absolute Gasteiger partial charge is 0.310 e. The summed E-state index contributed by atoms with van der Waals surface area (Å²) in [6.45, 7) is 1.68. The molecule has 0 heterocycles. The highest BCUT2D eigenvalue weighted by Crippen LogP contribution is 2.31. The van der Waals surface area contributed by atoms with Gasteiger partial charge in [-0.2, -0.15) is 0 Å². The summed E-state index contributed by atoms with van der Waals surface area (Å²) in [4.78, 5) is 10.5. The number of hydrogen-bond acceptors (Lipinski definition) is 3. The molecule has 4 heteroatoms. The summed E-state index contributed by atoms with van der Waals surface area (Å²) >= 11 is 0. The molecule has 0 radical (unpaired) electrons. The summed E-state index contributed by atoms with van der Waals surface area (Å²) in [6.07, 6.45) is 2.18. The van der Waals surface area contributed by atoms with E-state index in [9.17, 15) is 4.79 Å². The molecule has 0 fully saturated rings. The van der Waals surface area contributed by atoms with Crippen molar-refractivity contribution in [3.05, 3.63) is 65.2 Å². The van der Waals surface area contributed by atoms with Crippen molar-refractivity contribution < 1.29 is 14.6 Å². The van der Waals surface area contributed by atoms with Gasteiger partial charge in [0.25, 0.3) is 0 Å². The number of benzene rings is 2. The van der Waals surface area contributed by atoms with Crippen LogP contribution in [-0.4, -0.2) is 18.2 Å². The molecule has 1 aliphatic rings. The lowest BCUT2D eigenvalue weighted by Gasteiger charge is -2.06. The van der Waals surface area contributed by atoms with E-state index >= 15 is 0 Å². The van der Waals surface area contributed by atoms with Gasteiger partial charge in [-0.3, -0.25) is 4.79 Å². The van der Waals surface area contributed by atoms with Gasteiger partial charge in [0.1, 0.15) is 5.75 Å². The molecule has 0 bridgehead atoms. The lowest BCUT2D eigenvalue weighted by Crippen LogP contribution is -2.06. The first kappa shape index (κ1) is 17.0. The molecule has 0 saturated heterocycles. The molecule has 0 spiro atoms. The Morgan fingerprint density at radius 3 is 2.57 bits per heavy atom. The molecule has 1 aliphatic carbocycles. The van der Waals surface area contributed by atoms with E-state index in [1.54, 1.807) is 14.0 Å². The second-order valence-electron chi connectivity index (χ2n) is 5.68. The highest BCUT2D eigenvalue weighted by atomic mass is 16.5. The van der Waals surface area contributed by atoms with Crippen LogP contribution in [-0.2, 0) is 11.2 Å². The summed E-state index contributed by atoms with van der Waals surface area (Å²) in [5.41, 5.74) is 9.40. The molecule has 122 valence electrons. The molecule has 0 aliphatic heterocycles. The predicted octanol–water partition coefficient (Wildman–Crippen LogP) is 3.52. The van der Waals surface area contributed by atoms with E-state index in [1.807, 2.05) is 42.5 Å². The topological polar surface area (TPSA) is 72.5 Å². The maximum atomic E-state index is 10.5. The summed E-state index contributed by atoms with van der Waals surface area (Å²) in [5, 5.41) is 8.64. The van der Waals surface area contributed by atoms with Crippen molar-refractivity contribution in [1.82, 2.24) is 0 Å². The van der Waals surface area contributed by atoms with Gasteiger partial charge in [-0.15, -0.1) is 0 Å². The van der Waals surface area contributed by atoms with Gasteiger partial charge in [0.2, 0.25) is 0 Å². The summed E-state index contributed by atoms with van der Waals surface area (Å²) in [7, 11) is 1.68. The first-order valence-corrected chi connectivity index (χ1v) is 7.73. The lowest BCUT2D eigenvalue weighted by atomic mass is 10.0. The van der Waals surface area contributed by atoms with Crippen LogP contribution >= 0.6 is 0 Å². The van der Waals surface area contributed by atoms with Crippen molar-refractivity contribution in [2.45, 2.75) is 31.7 Å². The highest BCUT2D eigenvalue weighted by Gasteiger charge is 2.18. The van der Waals surface area contributed by atoms with Crippen LogP contribution < -0.4 is 10.5 Å². The lowest BCUT2D eigenvalue weighted by molar-refractivity contribution is -0.138. The van der Waals surface area contributed by atoms with Crippen LogP contribution in [0.4, 0.5) is 0 Å². The average molecular weight is 313 g/mol. The Morgan fingerprint density at radius 2 is 1.96 bits per heavy atom. The van der Waals surface area contributed by atoms with Crippen molar-refractivity contribution in [2.75, 3.05) is 7.11 Å². The number of fused-ring (bicyclic) bond motifs is 1. The van der Waals surface area contributed by atoms with Crippen LogP contribution in [0.5, 0.6) is 5.75 Å². The number of aliphatic carboxylic acids is 1. The molecule has 0 saturated carbocycles. The molecule has 0 unspecified atom stereocenters. The maximum absolute atomic E-state index is 10.5. The Hall–Kier alpha value is -2.33. The van der Waals surface area contributed by atoms with Crippen LogP contribution in [0, 0.1) is 0 Å². The third kappa shape index (κ3) is 4.33. The Labute approximate surface area is 136 Å². The number of carboxylic acid groups (broad SMARTS) is 1. The van der Waals surface area contributed by atoms with Crippen molar-refractivity contribution in [3.8, 4) is 5.75 Å². The van der Waals surface area contributed by atoms with Gasteiger partial charge >= 0.3 is 5.97 Å². The third-order valence-electron chi connectivity index (χ3n) is 4.15. The minimum Gasteiger partial charge on any atom is -0.497 e. The minimum atomic E-state index is -0.781.